The summed E-state index contributed by atoms with van der Waals surface area (Å²) in [5.74, 6) is -0.0502. The van der Waals surface area contributed by atoms with Gasteiger partial charge in [-0.15, -0.1) is 0 Å². The molecular weight excluding hydrogens is 192 g/mol. The molecule has 0 fully saturated rings. The molecule has 0 radical (unpaired) electrons. The number of rotatable bonds is 4. The third kappa shape index (κ3) is 3.27. The normalized spacial score (nSPS) is 10.1. The zero-order valence-electron chi connectivity index (χ0n) is 9.33. The minimum Gasteiger partial charge on any atom is -0.493 e. The smallest absolute Gasteiger partial charge is 0.306 e. The van der Waals surface area contributed by atoms with Crippen molar-refractivity contribution >= 4 is 5.97 Å². The number of carbonyl (C=O) groups is 1. The van der Waals surface area contributed by atoms with Gasteiger partial charge in [0.2, 0.25) is 0 Å². The fraction of sp³-hybridized carbons (Fsp3) is 0.417. The van der Waals surface area contributed by atoms with E-state index in [4.69, 9.17) is 9.84 Å². The van der Waals surface area contributed by atoms with Gasteiger partial charge in [0.15, 0.2) is 0 Å². The molecule has 1 rings (SSSR count). The molecule has 1 aromatic rings. The minimum atomic E-state index is -0.836. The second-order valence-electron chi connectivity index (χ2n) is 3.70. The second-order valence-corrected chi connectivity index (χ2v) is 3.70. The van der Waals surface area contributed by atoms with Gasteiger partial charge < -0.3 is 9.84 Å². The van der Waals surface area contributed by atoms with Gasteiger partial charge in [-0.1, -0.05) is 6.07 Å². The maximum absolute atomic E-state index is 10.3. The van der Waals surface area contributed by atoms with Gasteiger partial charge in [0, 0.05) is 0 Å². The molecule has 3 nitrogen and oxygen atoms in total. The lowest BCUT2D eigenvalue weighted by Gasteiger charge is -2.11. The first kappa shape index (κ1) is 11.6. The SMILES string of the molecule is Cc1cc(C)c(C)c(OCCC(=O)O)c1. The molecule has 0 spiro atoms. The maximum atomic E-state index is 10.3. The summed E-state index contributed by atoms with van der Waals surface area (Å²) in [6, 6.07) is 4.02. The van der Waals surface area contributed by atoms with Crippen molar-refractivity contribution in [2.24, 2.45) is 0 Å². The van der Waals surface area contributed by atoms with Crippen LogP contribution < -0.4 is 4.74 Å². The van der Waals surface area contributed by atoms with Crippen molar-refractivity contribution in [2.45, 2.75) is 27.2 Å². The van der Waals surface area contributed by atoms with Crippen molar-refractivity contribution in [3.8, 4) is 5.75 Å². The molecule has 1 aromatic carbocycles. The molecule has 0 saturated carbocycles. The number of carboxylic acid groups (broad SMARTS) is 1. The molecule has 0 aliphatic rings. The summed E-state index contributed by atoms with van der Waals surface area (Å²) in [7, 11) is 0. The average Bonchev–Trinajstić information content (AvgIpc) is 2.12. The predicted molar refractivity (Wildman–Crippen MR) is 58.4 cm³/mol. The fourth-order valence-corrected chi connectivity index (χ4v) is 1.40. The highest BCUT2D eigenvalue weighted by atomic mass is 16.5. The van der Waals surface area contributed by atoms with Crippen LogP contribution in [0.25, 0.3) is 0 Å². The van der Waals surface area contributed by atoms with Crippen LogP contribution in [-0.2, 0) is 4.79 Å². The van der Waals surface area contributed by atoms with Crippen molar-refractivity contribution in [1.29, 1.82) is 0 Å². The Labute approximate surface area is 89.7 Å². The van der Waals surface area contributed by atoms with E-state index in [0.717, 1.165) is 16.9 Å². The molecule has 3 heteroatoms. The first-order chi connectivity index (χ1) is 7.00. The Hall–Kier alpha value is -1.51. The molecule has 15 heavy (non-hydrogen) atoms. The van der Waals surface area contributed by atoms with Crippen LogP contribution in [0.3, 0.4) is 0 Å². The summed E-state index contributed by atoms with van der Waals surface area (Å²) in [4.78, 5) is 10.3. The van der Waals surface area contributed by atoms with Gasteiger partial charge in [-0.2, -0.15) is 0 Å². The van der Waals surface area contributed by atoms with Crippen molar-refractivity contribution in [3.63, 3.8) is 0 Å². The van der Waals surface area contributed by atoms with Crippen LogP contribution in [0.15, 0.2) is 12.1 Å². The van der Waals surface area contributed by atoms with Crippen LogP contribution in [0.5, 0.6) is 5.75 Å². The Kier molecular flexibility index (Phi) is 3.72. The van der Waals surface area contributed by atoms with E-state index in [2.05, 4.69) is 6.07 Å². The molecule has 0 amide bonds. The van der Waals surface area contributed by atoms with Crippen LogP contribution in [-0.4, -0.2) is 17.7 Å². The van der Waals surface area contributed by atoms with Gasteiger partial charge in [0.1, 0.15) is 5.75 Å². The van der Waals surface area contributed by atoms with E-state index in [1.165, 1.54) is 5.56 Å². The molecule has 0 atom stereocenters. The second kappa shape index (κ2) is 4.82. The highest BCUT2D eigenvalue weighted by Crippen LogP contribution is 2.23. The van der Waals surface area contributed by atoms with Crippen LogP contribution in [0.1, 0.15) is 23.1 Å². The Morgan fingerprint density at radius 1 is 1.33 bits per heavy atom. The first-order valence-corrected chi connectivity index (χ1v) is 4.93. The highest BCUT2D eigenvalue weighted by Gasteiger charge is 2.04. The quantitative estimate of drug-likeness (QED) is 0.826. The number of hydrogen-bond donors (Lipinski definition) is 1. The van der Waals surface area contributed by atoms with Crippen LogP contribution in [0.2, 0.25) is 0 Å². The van der Waals surface area contributed by atoms with Gasteiger partial charge in [0.25, 0.3) is 0 Å². The topological polar surface area (TPSA) is 46.5 Å². The van der Waals surface area contributed by atoms with E-state index in [1.807, 2.05) is 26.8 Å². The number of aliphatic carboxylic acids is 1. The lowest BCUT2D eigenvalue weighted by Crippen LogP contribution is -2.06. The average molecular weight is 208 g/mol. The molecule has 0 unspecified atom stereocenters. The Morgan fingerprint density at radius 2 is 2.00 bits per heavy atom. The zero-order chi connectivity index (χ0) is 11.4. The maximum Gasteiger partial charge on any atom is 0.306 e. The van der Waals surface area contributed by atoms with Gasteiger partial charge in [-0.3, -0.25) is 4.79 Å². The molecule has 0 aromatic heterocycles. The summed E-state index contributed by atoms with van der Waals surface area (Å²) in [6.07, 6.45) is 0.0342. The summed E-state index contributed by atoms with van der Waals surface area (Å²) < 4.78 is 5.43. The number of hydrogen-bond acceptors (Lipinski definition) is 2. The summed E-state index contributed by atoms with van der Waals surface area (Å²) >= 11 is 0. The van der Waals surface area contributed by atoms with Gasteiger partial charge >= 0.3 is 5.97 Å². The number of carboxylic acids is 1. The third-order valence-corrected chi connectivity index (χ3v) is 2.34. The van der Waals surface area contributed by atoms with E-state index in [1.54, 1.807) is 0 Å². The van der Waals surface area contributed by atoms with E-state index < -0.39 is 5.97 Å². The van der Waals surface area contributed by atoms with Crippen LogP contribution >= 0.6 is 0 Å². The summed E-state index contributed by atoms with van der Waals surface area (Å²) in [5.41, 5.74) is 3.37. The lowest BCUT2D eigenvalue weighted by molar-refractivity contribution is -0.137. The number of ether oxygens (including phenoxy) is 1. The molecular formula is C12H16O3. The van der Waals surface area contributed by atoms with Crippen molar-refractivity contribution in [1.82, 2.24) is 0 Å². The van der Waals surface area contributed by atoms with E-state index in [0.29, 0.717) is 0 Å². The standard InChI is InChI=1S/C12H16O3/c1-8-6-9(2)10(3)11(7-8)15-5-4-12(13)14/h6-7H,4-5H2,1-3H3,(H,13,14). The molecule has 0 saturated heterocycles. The summed E-state index contributed by atoms with van der Waals surface area (Å²) in [6.45, 7) is 6.22. The van der Waals surface area contributed by atoms with Crippen LogP contribution in [0, 0.1) is 20.8 Å². The molecule has 0 aliphatic heterocycles. The van der Waals surface area contributed by atoms with Crippen molar-refractivity contribution in [3.05, 3.63) is 28.8 Å². The highest BCUT2D eigenvalue weighted by molar-refractivity contribution is 5.66. The van der Waals surface area contributed by atoms with Gasteiger partial charge in [0.05, 0.1) is 13.0 Å². The monoisotopic (exact) mass is 208 g/mol. The Balaban J connectivity index is 2.72. The number of aryl methyl sites for hydroxylation is 2. The zero-order valence-corrected chi connectivity index (χ0v) is 9.33. The van der Waals surface area contributed by atoms with E-state index >= 15 is 0 Å². The molecule has 0 bridgehead atoms. The first-order valence-electron chi connectivity index (χ1n) is 4.93. The Bertz CT molecular complexity index is 369. The van der Waals surface area contributed by atoms with Crippen LogP contribution in [0.4, 0.5) is 0 Å². The van der Waals surface area contributed by atoms with Gasteiger partial charge in [-0.05, 0) is 43.5 Å². The lowest BCUT2D eigenvalue weighted by atomic mass is 10.1. The fourth-order valence-electron chi connectivity index (χ4n) is 1.40. The van der Waals surface area contributed by atoms with Crippen molar-refractivity contribution < 1.29 is 14.6 Å². The molecule has 82 valence electrons. The Morgan fingerprint density at radius 3 is 2.60 bits per heavy atom. The molecule has 0 aliphatic carbocycles. The van der Waals surface area contributed by atoms with E-state index in [-0.39, 0.29) is 13.0 Å². The third-order valence-electron chi connectivity index (χ3n) is 2.34. The minimum absolute atomic E-state index is 0.0342. The van der Waals surface area contributed by atoms with Gasteiger partial charge in [-0.25, -0.2) is 0 Å². The van der Waals surface area contributed by atoms with Crippen molar-refractivity contribution in [2.75, 3.05) is 6.61 Å². The molecule has 0 heterocycles. The summed E-state index contributed by atoms with van der Waals surface area (Å²) in [5, 5.41) is 8.49. The largest absolute Gasteiger partial charge is 0.493 e. The molecule has 1 N–H and O–H groups in total. The number of benzene rings is 1. The predicted octanol–water partition coefficient (Wildman–Crippen LogP) is 2.47. The van der Waals surface area contributed by atoms with E-state index in [9.17, 15) is 4.79 Å².